The topological polar surface area (TPSA) is 118 Å². The Morgan fingerprint density at radius 2 is 1.70 bits per heavy atom. The van der Waals surface area contributed by atoms with Gasteiger partial charge < -0.3 is 16.5 Å². The second-order valence-electron chi connectivity index (χ2n) is 7.24. The van der Waals surface area contributed by atoms with Gasteiger partial charge in [0.2, 0.25) is 0 Å². The number of hydrazine groups is 1. The standard InChI is InChI=1S/C25H24N6OS/c26-24-23(31-27)14-13-22(30-24)18-7-4-8-19(15-18)25(32)29-20-9-11-21(12-10-20)33-28-16-17-5-2-1-3-6-17/h1-15,28,31H,16,27H2,(H2,26,30)(H,29,32). The van der Waals surface area contributed by atoms with E-state index in [1.54, 1.807) is 36.2 Å². The monoisotopic (exact) mass is 456 g/mol. The van der Waals surface area contributed by atoms with Crippen LogP contribution in [-0.4, -0.2) is 10.9 Å². The Bertz CT molecular complexity index is 1230. The normalized spacial score (nSPS) is 10.6. The summed E-state index contributed by atoms with van der Waals surface area (Å²) in [4.78, 5) is 18.2. The van der Waals surface area contributed by atoms with E-state index in [9.17, 15) is 4.79 Å². The van der Waals surface area contributed by atoms with Crippen LogP contribution in [0.4, 0.5) is 17.2 Å². The van der Waals surface area contributed by atoms with Crippen molar-refractivity contribution >= 4 is 35.0 Å². The molecule has 7 nitrogen and oxygen atoms in total. The highest BCUT2D eigenvalue weighted by molar-refractivity contribution is 7.97. The third-order valence-electron chi connectivity index (χ3n) is 4.92. The van der Waals surface area contributed by atoms with E-state index in [0.717, 1.165) is 22.7 Å². The molecular formula is C25H24N6OS. The molecule has 0 aliphatic heterocycles. The number of nitrogens with zero attached hydrogens (tertiary/aromatic N) is 1. The van der Waals surface area contributed by atoms with Crippen LogP contribution in [0.5, 0.6) is 0 Å². The molecule has 8 heteroatoms. The lowest BCUT2D eigenvalue weighted by molar-refractivity contribution is 0.102. The van der Waals surface area contributed by atoms with Crippen molar-refractivity contribution in [1.82, 2.24) is 9.71 Å². The maximum absolute atomic E-state index is 12.8. The maximum Gasteiger partial charge on any atom is 0.255 e. The molecule has 3 aromatic carbocycles. The summed E-state index contributed by atoms with van der Waals surface area (Å²) >= 11 is 1.55. The number of nitrogens with two attached hydrogens (primary N) is 2. The SMILES string of the molecule is NNc1ccc(-c2cccc(C(=O)Nc3ccc(SNCc4ccccc4)cc3)c2)nc1N. The summed E-state index contributed by atoms with van der Waals surface area (Å²) < 4.78 is 3.34. The van der Waals surface area contributed by atoms with E-state index < -0.39 is 0 Å². The number of rotatable bonds is 8. The van der Waals surface area contributed by atoms with Crippen molar-refractivity contribution in [2.24, 2.45) is 5.84 Å². The third kappa shape index (κ3) is 5.89. The number of anilines is 3. The fourth-order valence-corrected chi connectivity index (χ4v) is 3.86. The van der Waals surface area contributed by atoms with Gasteiger partial charge in [0.1, 0.15) is 5.82 Å². The first-order valence-corrected chi connectivity index (χ1v) is 11.1. The molecule has 0 saturated heterocycles. The molecular weight excluding hydrogens is 432 g/mol. The van der Waals surface area contributed by atoms with Crippen molar-refractivity contribution in [3.05, 3.63) is 102 Å². The highest BCUT2D eigenvalue weighted by atomic mass is 32.2. The first-order valence-electron chi connectivity index (χ1n) is 10.3. The van der Waals surface area contributed by atoms with Crippen LogP contribution in [0.2, 0.25) is 0 Å². The van der Waals surface area contributed by atoms with Crippen molar-refractivity contribution in [2.45, 2.75) is 11.4 Å². The summed E-state index contributed by atoms with van der Waals surface area (Å²) in [6.07, 6.45) is 0. The summed E-state index contributed by atoms with van der Waals surface area (Å²) in [6, 6.07) is 28.7. The molecule has 7 N–H and O–H groups in total. The van der Waals surface area contributed by atoms with Gasteiger partial charge in [-0.05, 0) is 66.0 Å². The number of pyridine rings is 1. The van der Waals surface area contributed by atoms with Crippen molar-refractivity contribution in [3.63, 3.8) is 0 Å². The fraction of sp³-hybridized carbons (Fsp3) is 0.0400. The molecule has 0 bridgehead atoms. The molecule has 4 aromatic rings. The lowest BCUT2D eigenvalue weighted by Gasteiger charge is -2.10. The van der Waals surface area contributed by atoms with Crippen molar-refractivity contribution < 1.29 is 4.79 Å². The molecule has 0 unspecified atom stereocenters. The highest BCUT2D eigenvalue weighted by Crippen LogP contribution is 2.24. The molecule has 33 heavy (non-hydrogen) atoms. The number of hydrogen-bond acceptors (Lipinski definition) is 7. The Kier molecular flexibility index (Phi) is 7.21. The molecule has 4 rings (SSSR count). The van der Waals surface area contributed by atoms with E-state index >= 15 is 0 Å². The molecule has 1 heterocycles. The van der Waals surface area contributed by atoms with Crippen molar-refractivity contribution in [2.75, 3.05) is 16.5 Å². The lowest BCUT2D eigenvalue weighted by Crippen LogP contribution is -2.12. The Balaban J connectivity index is 1.37. The van der Waals surface area contributed by atoms with Gasteiger partial charge in [0, 0.05) is 28.3 Å². The summed E-state index contributed by atoms with van der Waals surface area (Å²) in [5.41, 5.74) is 12.9. The molecule has 0 atom stereocenters. The second-order valence-corrected chi connectivity index (χ2v) is 8.21. The highest BCUT2D eigenvalue weighted by Gasteiger charge is 2.10. The maximum atomic E-state index is 12.8. The van der Waals surface area contributed by atoms with E-state index in [0.29, 0.717) is 22.8 Å². The van der Waals surface area contributed by atoms with Crippen molar-refractivity contribution in [3.8, 4) is 11.3 Å². The molecule has 0 radical (unpaired) electrons. The van der Waals surface area contributed by atoms with Gasteiger partial charge in [-0.2, -0.15) is 0 Å². The first kappa shape index (κ1) is 22.3. The van der Waals surface area contributed by atoms with Crippen LogP contribution in [0.1, 0.15) is 15.9 Å². The number of benzene rings is 3. The van der Waals surface area contributed by atoms with E-state index in [-0.39, 0.29) is 5.91 Å². The zero-order valence-electron chi connectivity index (χ0n) is 17.8. The van der Waals surface area contributed by atoms with Crippen LogP contribution < -0.4 is 27.0 Å². The van der Waals surface area contributed by atoms with Gasteiger partial charge in [0.25, 0.3) is 5.91 Å². The minimum atomic E-state index is -0.201. The molecule has 1 amide bonds. The third-order valence-corrected chi connectivity index (χ3v) is 5.72. The Morgan fingerprint density at radius 1 is 0.909 bits per heavy atom. The molecule has 0 saturated carbocycles. The number of amides is 1. The number of hydrogen-bond donors (Lipinski definition) is 5. The zero-order valence-corrected chi connectivity index (χ0v) is 18.6. The van der Waals surface area contributed by atoms with E-state index in [1.807, 2.05) is 54.6 Å². The molecule has 0 aliphatic carbocycles. The minimum Gasteiger partial charge on any atom is -0.382 e. The van der Waals surface area contributed by atoms with Gasteiger partial charge in [0.05, 0.1) is 11.4 Å². The fourth-order valence-electron chi connectivity index (χ4n) is 3.19. The smallest absolute Gasteiger partial charge is 0.255 e. The largest absolute Gasteiger partial charge is 0.382 e. The number of carbonyl (C=O) groups is 1. The van der Waals surface area contributed by atoms with Gasteiger partial charge >= 0.3 is 0 Å². The number of aromatic nitrogens is 1. The van der Waals surface area contributed by atoms with Crippen LogP contribution in [0.25, 0.3) is 11.3 Å². The average Bonchev–Trinajstić information content (AvgIpc) is 2.86. The average molecular weight is 457 g/mol. The summed E-state index contributed by atoms with van der Waals surface area (Å²) in [6.45, 7) is 0.770. The predicted molar refractivity (Wildman–Crippen MR) is 135 cm³/mol. The van der Waals surface area contributed by atoms with Gasteiger partial charge in [-0.1, -0.05) is 42.5 Å². The molecule has 166 valence electrons. The lowest BCUT2D eigenvalue weighted by atomic mass is 10.1. The number of nitrogen functional groups attached to an aromatic ring is 2. The van der Waals surface area contributed by atoms with Crippen LogP contribution in [-0.2, 0) is 6.54 Å². The summed E-state index contributed by atoms with van der Waals surface area (Å²) in [7, 11) is 0. The Morgan fingerprint density at radius 3 is 2.42 bits per heavy atom. The molecule has 1 aromatic heterocycles. The van der Waals surface area contributed by atoms with Crippen molar-refractivity contribution in [1.29, 1.82) is 0 Å². The van der Waals surface area contributed by atoms with Gasteiger partial charge in [-0.3, -0.25) is 15.4 Å². The Hall–Kier alpha value is -3.85. The number of nitrogens with one attached hydrogen (secondary N) is 3. The van der Waals surface area contributed by atoms with E-state index in [4.69, 9.17) is 11.6 Å². The van der Waals surface area contributed by atoms with Crippen LogP contribution in [0.15, 0.2) is 95.9 Å². The van der Waals surface area contributed by atoms with Gasteiger partial charge in [-0.15, -0.1) is 0 Å². The molecule has 0 aliphatic rings. The predicted octanol–water partition coefficient (Wildman–Crippen LogP) is 4.67. The van der Waals surface area contributed by atoms with E-state index in [2.05, 4.69) is 32.6 Å². The summed E-state index contributed by atoms with van der Waals surface area (Å²) in [5.74, 6) is 5.50. The minimum absolute atomic E-state index is 0.201. The van der Waals surface area contributed by atoms with Gasteiger partial charge in [0.15, 0.2) is 0 Å². The van der Waals surface area contributed by atoms with Crippen LogP contribution in [0, 0.1) is 0 Å². The van der Waals surface area contributed by atoms with Crippen LogP contribution >= 0.6 is 11.9 Å². The van der Waals surface area contributed by atoms with E-state index in [1.165, 1.54) is 5.56 Å². The summed E-state index contributed by atoms with van der Waals surface area (Å²) in [5, 5.41) is 2.94. The Labute approximate surface area is 196 Å². The molecule has 0 fully saturated rings. The second kappa shape index (κ2) is 10.6. The number of carbonyl (C=O) groups excluding carboxylic acids is 1. The van der Waals surface area contributed by atoms with Gasteiger partial charge in [-0.25, -0.2) is 4.98 Å². The van der Waals surface area contributed by atoms with Crippen LogP contribution in [0.3, 0.4) is 0 Å². The molecule has 0 spiro atoms. The quantitative estimate of drug-likeness (QED) is 0.149. The first-order chi connectivity index (χ1) is 16.1. The zero-order chi connectivity index (χ0) is 23.0.